The van der Waals surface area contributed by atoms with E-state index in [2.05, 4.69) is 23.3 Å². The first-order valence-electron chi connectivity index (χ1n) is 6.12. The Hall–Kier alpha value is -1.38. The van der Waals surface area contributed by atoms with Crippen molar-refractivity contribution in [1.29, 1.82) is 0 Å². The van der Waals surface area contributed by atoms with Gasteiger partial charge in [0.15, 0.2) is 0 Å². The van der Waals surface area contributed by atoms with Crippen LogP contribution in [-0.4, -0.2) is 11.0 Å². The first-order chi connectivity index (χ1) is 8.74. The summed E-state index contributed by atoms with van der Waals surface area (Å²) in [6, 6.07) is 14.4. The monoisotopic (exact) mass is 260 g/mol. The number of pyridine rings is 1. The van der Waals surface area contributed by atoms with Crippen LogP contribution in [0.4, 0.5) is 0 Å². The highest BCUT2D eigenvalue weighted by molar-refractivity contribution is 6.30. The van der Waals surface area contributed by atoms with Crippen LogP contribution in [0.5, 0.6) is 0 Å². The smallest absolute Gasteiger partial charge is 0.0541 e. The van der Waals surface area contributed by atoms with Crippen LogP contribution in [0.3, 0.4) is 0 Å². The van der Waals surface area contributed by atoms with Crippen molar-refractivity contribution in [2.75, 3.05) is 0 Å². The van der Waals surface area contributed by atoms with E-state index in [0.29, 0.717) is 6.04 Å². The highest BCUT2D eigenvalue weighted by Crippen LogP contribution is 2.12. The Morgan fingerprint density at radius 1 is 1.22 bits per heavy atom. The first-order valence-corrected chi connectivity index (χ1v) is 6.49. The fourth-order valence-electron chi connectivity index (χ4n) is 1.87. The van der Waals surface area contributed by atoms with E-state index in [-0.39, 0.29) is 0 Å². The molecule has 0 aliphatic heterocycles. The number of rotatable bonds is 5. The molecular weight excluding hydrogens is 244 g/mol. The van der Waals surface area contributed by atoms with E-state index in [1.165, 1.54) is 5.56 Å². The minimum atomic E-state index is 0.394. The molecule has 2 aromatic rings. The van der Waals surface area contributed by atoms with Gasteiger partial charge in [0.25, 0.3) is 0 Å². The average Bonchev–Trinajstić information content (AvgIpc) is 2.38. The van der Waals surface area contributed by atoms with Gasteiger partial charge in [-0.25, -0.2) is 0 Å². The van der Waals surface area contributed by atoms with Crippen molar-refractivity contribution in [2.24, 2.45) is 0 Å². The standard InChI is InChI=1S/C15H17ClN2/c1-12(9-13-5-4-6-14(16)10-13)18-11-15-7-2-3-8-17-15/h2-8,10,12,18H,9,11H2,1H3. The van der Waals surface area contributed by atoms with Gasteiger partial charge >= 0.3 is 0 Å². The first kappa shape index (κ1) is 13.1. The second kappa shape index (κ2) is 6.53. The number of hydrogen-bond acceptors (Lipinski definition) is 2. The summed E-state index contributed by atoms with van der Waals surface area (Å²) in [7, 11) is 0. The fraction of sp³-hybridized carbons (Fsp3) is 0.267. The van der Waals surface area contributed by atoms with Crippen molar-refractivity contribution >= 4 is 11.6 Å². The number of benzene rings is 1. The van der Waals surface area contributed by atoms with E-state index in [1.807, 2.05) is 42.6 Å². The van der Waals surface area contributed by atoms with Gasteiger partial charge in [-0.2, -0.15) is 0 Å². The average molecular weight is 261 g/mol. The van der Waals surface area contributed by atoms with E-state index in [4.69, 9.17) is 11.6 Å². The lowest BCUT2D eigenvalue weighted by atomic mass is 10.1. The van der Waals surface area contributed by atoms with Gasteiger partial charge in [0.2, 0.25) is 0 Å². The molecule has 0 fully saturated rings. The predicted octanol–water partition coefficient (Wildman–Crippen LogP) is 3.46. The predicted molar refractivity (Wildman–Crippen MR) is 75.7 cm³/mol. The molecule has 0 radical (unpaired) electrons. The topological polar surface area (TPSA) is 24.9 Å². The largest absolute Gasteiger partial charge is 0.308 e. The molecule has 94 valence electrons. The number of aromatic nitrogens is 1. The molecule has 1 aromatic heterocycles. The molecule has 0 aliphatic rings. The summed E-state index contributed by atoms with van der Waals surface area (Å²) in [5.74, 6) is 0. The van der Waals surface area contributed by atoms with E-state index in [9.17, 15) is 0 Å². The number of nitrogens with zero attached hydrogens (tertiary/aromatic N) is 1. The van der Waals surface area contributed by atoms with Crippen molar-refractivity contribution in [3.63, 3.8) is 0 Å². The Bertz CT molecular complexity index is 485. The molecule has 2 rings (SSSR count). The van der Waals surface area contributed by atoms with Crippen molar-refractivity contribution in [3.05, 3.63) is 64.9 Å². The van der Waals surface area contributed by atoms with Crippen LogP contribution < -0.4 is 5.32 Å². The normalized spacial score (nSPS) is 12.3. The summed E-state index contributed by atoms with van der Waals surface area (Å²) in [6.07, 6.45) is 2.78. The van der Waals surface area contributed by atoms with Crippen molar-refractivity contribution < 1.29 is 0 Å². The molecule has 1 unspecified atom stereocenters. The third-order valence-electron chi connectivity index (χ3n) is 2.79. The lowest BCUT2D eigenvalue weighted by Crippen LogP contribution is -2.27. The zero-order chi connectivity index (χ0) is 12.8. The minimum Gasteiger partial charge on any atom is -0.308 e. The highest BCUT2D eigenvalue weighted by atomic mass is 35.5. The van der Waals surface area contributed by atoms with Gasteiger partial charge < -0.3 is 5.32 Å². The minimum absolute atomic E-state index is 0.394. The molecule has 0 bridgehead atoms. The molecule has 2 nitrogen and oxygen atoms in total. The van der Waals surface area contributed by atoms with Crippen molar-refractivity contribution in [1.82, 2.24) is 10.3 Å². The molecule has 0 saturated heterocycles. The second-order valence-electron chi connectivity index (χ2n) is 4.44. The van der Waals surface area contributed by atoms with Gasteiger partial charge in [-0.15, -0.1) is 0 Å². The molecule has 18 heavy (non-hydrogen) atoms. The Kier molecular flexibility index (Phi) is 4.73. The van der Waals surface area contributed by atoms with Crippen molar-refractivity contribution in [2.45, 2.75) is 25.9 Å². The summed E-state index contributed by atoms with van der Waals surface area (Å²) < 4.78 is 0. The maximum absolute atomic E-state index is 5.97. The summed E-state index contributed by atoms with van der Waals surface area (Å²) in [6.45, 7) is 2.96. The number of halogens is 1. The lowest BCUT2D eigenvalue weighted by molar-refractivity contribution is 0.540. The van der Waals surface area contributed by atoms with Crippen LogP contribution in [0.15, 0.2) is 48.7 Å². The molecule has 1 atom stereocenters. The molecule has 0 saturated carbocycles. The van der Waals surface area contributed by atoms with Crippen LogP contribution >= 0.6 is 11.6 Å². The molecular formula is C15H17ClN2. The summed E-state index contributed by atoms with van der Waals surface area (Å²) in [5, 5.41) is 4.26. The quantitative estimate of drug-likeness (QED) is 0.891. The molecule has 1 N–H and O–H groups in total. The van der Waals surface area contributed by atoms with Gasteiger partial charge in [-0.3, -0.25) is 4.98 Å². The maximum atomic E-state index is 5.97. The molecule has 1 aromatic carbocycles. The third-order valence-corrected chi connectivity index (χ3v) is 3.02. The SMILES string of the molecule is CC(Cc1cccc(Cl)c1)NCc1ccccn1. The Labute approximate surface area is 113 Å². The van der Waals surface area contributed by atoms with E-state index < -0.39 is 0 Å². The number of nitrogens with one attached hydrogen (secondary N) is 1. The Morgan fingerprint density at radius 3 is 2.83 bits per heavy atom. The highest BCUT2D eigenvalue weighted by Gasteiger charge is 2.04. The van der Waals surface area contributed by atoms with E-state index >= 15 is 0 Å². The summed E-state index contributed by atoms with van der Waals surface area (Å²) >= 11 is 5.97. The van der Waals surface area contributed by atoms with Crippen LogP contribution in [0.2, 0.25) is 5.02 Å². The summed E-state index contributed by atoms with van der Waals surface area (Å²) in [4.78, 5) is 4.29. The second-order valence-corrected chi connectivity index (χ2v) is 4.87. The Morgan fingerprint density at radius 2 is 2.11 bits per heavy atom. The van der Waals surface area contributed by atoms with Gasteiger partial charge in [0.1, 0.15) is 0 Å². The summed E-state index contributed by atoms with van der Waals surface area (Å²) in [5.41, 5.74) is 2.32. The van der Waals surface area contributed by atoms with Crippen LogP contribution in [0.25, 0.3) is 0 Å². The fourth-order valence-corrected chi connectivity index (χ4v) is 2.08. The number of hydrogen-bond donors (Lipinski definition) is 1. The Balaban J connectivity index is 1.84. The molecule has 0 amide bonds. The van der Waals surface area contributed by atoms with Gasteiger partial charge in [-0.05, 0) is 43.2 Å². The maximum Gasteiger partial charge on any atom is 0.0541 e. The van der Waals surface area contributed by atoms with Crippen LogP contribution in [-0.2, 0) is 13.0 Å². The van der Waals surface area contributed by atoms with E-state index in [1.54, 1.807) is 0 Å². The van der Waals surface area contributed by atoms with Gasteiger partial charge in [0, 0.05) is 23.8 Å². The van der Waals surface area contributed by atoms with Crippen LogP contribution in [0.1, 0.15) is 18.2 Å². The zero-order valence-corrected chi connectivity index (χ0v) is 11.2. The molecule has 1 heterocycles. The van der Waals surface area contributed by atoms with Gasteiger partial charge in [0.05, 0.1) is 5.69 Å². The van der Waals surface area contributed by atoms with E-state index in [0.717, 1.165) is 23.7 Å². The third kappa shape index (κ3) is 4.13. The van der Waals surface area contributed by atoms with Gasteiger partial charge in [-0.1, -0.05) is 29.8 Å². The lowest BCUT2D eigenvalue weighted by Gasteiger charge is -2.13. The molecule has 3 heteroatoms. The van der Waals surface area contributed by atoms with Crippen LogP contribution in [0, 0.1) is 0 Å². The zero-order valence-electron chi connectivity index (χ0n) is 10.4. The van der Waals surface area contributed by atoms with Crippen molar-refractivity contribution in [3.8, 4) is 0 Å². The molecule has 0 aliphatic carbocycles. The molecule has 0 spiro atoms.